The molecule has 0 aliphatic carbocycles. The minimum atomic E-state index is 0.538. The van der Waals surface area contributed by atoms with Gasteiger partial charge in [-0.25, -0.2) is 4.98 Å². The SMILES string of the molecule is CCCN1CCCC1c1ccc(OCc2ccccc2)nc1. The average Bonchev–Trinajstić information content (AvgIpc) is 3.03. The van der Waals surface area contributed by atoms with Crippen LogP contribution in [-0.2, 0) is 6.61 Å². The van der Waals surface area contributed by atoms with Gasteiger partial charge in [-0.05, 0) is 43.5 Å². The van der Waals surface area contributed by atoms with E-state index in [1.165, 1.54) is 43.5 Å². The van der Waals surface area contributed by atoms with Crippen molar-refractivity contribution in [2.24, 2.45) is 0 Å². The second-order valence-electron chi connectivity index (χ2n) is 5.90. The van der Waals surface area contributed by atoms with E-state index < -0.39 is 0 Å². The lowest BCUT2D eigenvalue weighted by molar-refractivity contribution is 0.256. The van der Waals surface area contributed by atoms with Crippen LogP contribution in [0.1, 0.15) is 43.4 Å². The van der Waals surface area contributed by atoms with E-state index in [0.29, 0.717) is 18.5 Å². The van der Waals surface area contributed by atoms with Crippen molar-refractivity contribution in [3.05, 3.63) is 59.8 Å². The molecule has 1 aliphatic heterocycles. The lowest BCUT2D eigenvalue weighted by Crippen LogP contribution is -2.24. The van der Waals surface area contributed by atoms with Gasteiger partial charge < -0.3 is 4.74 Å². The van der Waals surface area contributed by atoms with Gasteiger partial charge in [-0.2, -0.15) is 0 Å². The van der Waals surface area contributed by atoms with Crippen LogP contribution in [0.5, 0.6) is 5.88 Å². The molecule has 0 saturated carbocycles. The van der Waals surface area contributed by atoms with Crippen molar-refractivity contribution in [3.8, 4) is 5.88 Å². The van der Waals surface area contributed by atoms with Gasteiger partial charge in [0.1, 0.15) is 6.61 Å². The molecule has 0 bridgehead atoms. The molecular formula is C19H24N2O. The van der Waals surface area contributed by atoms with E-state index in [0.717, 1.165) is 0 Å². The van der Waals surface area contributed by atoms with Crippen molar-refractivity contribution in [2.75, 3.05) is 13.1 Å². The van der Waals surface area contributed by atoms with E-state index in [-0.39, 0.29) is 0 Å². The van der Waals surface area contributed by atoms with Crippen LogP contribution in [0.3, 0.4) is 0 Å². The molecule has 1 saturated heterocycles. The van der Waals surface area contributed by atoms with E-state index in [1.807, 2.05) is 30.5 Å². The number of nitrogens with zero attached hydrogens (tertiary/aromatic N) is 2. The summed E-state index contributed by atoms with van der Waals surface area (Å²) in [5, 5.41) is 0. The van der Waals surface area contributed by atoms with Gasteiger partial charge >= 0.3 is 0 Å². The Morgan fingerprint density at radius 3 is 2.77 bits per heavy atom. The van der Waals surface area contributed by atoms with Crippen molar-refractivity contribution in [3.63, 3.8) is 0 Å². The Kier molecular flexibility index (Phi) is 5.07. The van der Waals surface area contributed by atoms with E-state index in [2.05, 4.69) is 35.0 Å². The van der Waals surface area contributed by atoms with Gasteiger partial charge in [-0.3, -0.25) is 4.90 Å². The molecule has 2 aromatic rings. The highest BCUT2D eigenvalue weighted by atomic mass is 16.5. The molecule has 1 aromatic heterocycles. The normalized spacial score (nSPS) is 18.5. The van der Waals surface area contributed by atoms with E-state index in [9.17, 15) is 0 Å². The quantitative estimate of drug-likeness (QED) is 0.798. The standard InChI is InChI=1S/C19H24N2O/c1-2-12-21-13-6-9-18(21)17-10-11-19(20-14-17)22-15-16-7-4-3-5-8-16/h3-5,7-8,10-11,14,18H,2,6,9,12-13,15H2,1H3. The molecule has 3 nitrogen and oxygen atoms in total. The molecule has 1 unspecified atom stereocenters. The highest BCUT2D eigenvalue weighted by Gasteiger charge is 2.25. The highest BCUT2D eigenvalue weighted by Crippen LogP contribution is 2.31. The monoisotopic (exact) mass is 296 g/mol. The molecule has 3 heteroatoms. The number of ether oxygens (including phenoxy) is 1. The van der Waals surface area contributed by atoms with E-state index in [1.54, 1.807) is 0 Å². The molecule has 1 fully saturated rings. The Morgan fingerprint density at radius 2 is 2.05 bits per heavy atom. The summed E-state index contributed by atoms with van der Waals surface area (Å²) >= 11 is 0. The van der Waals surface area contributed by atoms with Crippen molar-refractivity contribution in [1.29, 1.82) is 0 Å². The minimum Gasteiger partial charge on any atom is -0.473 e. The third kappa shape index (κ3) is 3.66. The molecule has 2 heterocycles. The summed E-state index contributed by atoms with van der Waals surface area (Å²) < 4.78 is 5.76. The number of hydrogen-bond donors (Lipinski definition) is 0. The van der Waals surface area contributed by atoms with Crippen LogP contribution in [0.4, 0.5) is 0 Å². The summed E-state index contributed by atoms with van der Waals surface area (Å²) in [6.07, 6.45) is 5.73. The second-order valence-corrected chi connectivity index (χ2v) is 5.90. The van der Waals surface area contributed by atoms with Crippen LogP contribution in [0.25, 0.3) is 0 Å². The first-order valence-electron chi connectivity index (χ1n) is 8.23. The molecule has 3 rings (SSSR count). The number of likely N-dealkylation sites (tertiary alicyclic amines) is 1. The molecule has 1 atom stereocenters. The smallest absolute Gasteiger partial charge is 0.213 e. The van der Waals surface area contributed by atoms with Crippen molar-refractivity contribution >= 4 is 0 Å². The first-order valence-corrected chi connectivity index (χ1v) is 8.23. The zero-order valence-electron chi connectivity index (χ0n) is 13.2. The predicted octanol–water partition coefficient (Wildman–Crippen LogP) is 4.21. The van der Waals surface area contributed by atoms with E-state index in [4.69, 9.17) is 4.74 Å². The minimum absolute atomic E-state index is 0.538. The van der Waals surface area contributed by atoms with Gasteiger partial charge in [0.25, 0.3) is 0 Å². The van der Waals surface area contributed by atoms with Gasteiger partial charge in [0.2, 0.25) is 5.88 Å². The number of hydrogen-bond acceptors (Lipinski definition) is 3. The molecular weight excluding hydrogens is 272 g/mol. The Bertz CT molecular complexity index is 568. The summed E-state index contributed by atoms with van der Waals surface area (Å²) in [6, 6.07) is 14.9. The third-order valence-corrected chi connectivity index (χ3v) is 4.25. The first kappa shape index (κ1) is 15.0. The number of aromatic nitrogens is 1. The van der Waals surface area contributed by atoms with E-state index >= 15 is 0 Å². The molecule has 0 N–H and O–H groups in total. The zero-order chi connectivity index (χ0) is 15.2. The maximum Gasteiger partial charge on any atom is 0.213 e. The van der Waals surface area contributed by atoms with Crippen LogP contribution in [0.15, 0.2) is 48.7 Å². The van der Waals surface area contributed by atoms with Crippen molar-refractivity contribution in [2.45, 2.75) is 38.8 Å². The maximum atomic E-state index is 5.76. The zero-order valence-corrected chi connectivity index (χ0v) is 13.2. The number of rotatable bonds is 6. The lowest BCUT2D eigenvalue weighted by atomic mass is 10.1. The van der Waals surface area contributed by atoms with Crippen LogP contribution < -0.4 is 4.74 Å². The Balaban J connectivity index is 1.60. The summed E-state index contributed by atoms with van der Waals surface area (Å²) in [4.78, 5) is 7.05. The average molecular weight is 296 g/mol. The van der Waals surface area contributed by atoms with Crippen molar-refractivity contribution in [1.82, 2.24) is 9.88 Å². The number of pyridine rings is 1. The third-order valence-electron chi connectivity index (χ3n) is 4.25. The second kappa shape index (κ2) is 7.41. The van der Waals surface area contributed by atoms with Crippen molar-refractivity contribution < 1.29 is 4.74 Å². The van der Waals surface area contributed by atoms with Crippen LogP contribution >= 0.6 is 0 Å². The van der Waals surface area contributed by atoms with Gasteiger partial charge in [0, 0.05) is 18.3 Å². The summed E-state index contributed by atoms with van der Waals surface area (Å²) in [7, 11) is 0. The molecule has 0 amide bonds. The van der Waals surface area contributed by atoms with Crippen LogP contribution in [0, 0.1) is 0 Å². The fourth-order valence-electron chi connectivity index (χ4n) is 3.16. The molecule has 1 aromatic carbocycles. The molecule has 116 valence electrons. The Labute approximate surface area is 132 Å². The van der Waals surface area contributed by atoms with Gasteiger partial charge in [0.05, 0.1) is 0 Å². The number of benzene rings is 1. The Morgan fingerprint density at radius 1 is 1.18 bits per heavy atom. The largest absolute Gasteiger partial charge is 0.473 e. The molecule has 0 radical (unpaired) electrons. The Hall–Kier alpha value is -1.87. The fraction of sp³-hybridized carbons (Fsp3) is 0.421. The van der Waals surface area contributed by atoms with Gasteiger partial charge in [-0.15, -0.1) is 0 Å². The predicted molar refractivity (Wildman–Crippen MR) is 88.9 cm³/mol. The van der Waals surface area contributed by atoms with Crippen LogP contribution in [-0.4, -0.2) is 23.0 Å². The van der Waals surface area contributed by atoms with Gasteiger partial charge in [-0.1, -0.05) is 43.3 Å². The fourth-order valence-corrected chi connectivity index (χ4v) is 3.16. The summed E-state index contributed by atoms with van der Waals surface area (Å²) in [5.74, 6) is 0.702. The maximum absolute atomic E-state index is 5.76. The molecule has 22 heavy (non-hydrogen) atoms. The van der Waals surface area contributed by atoms with Gasteiger partial charge in [0.15, 0.2) is 0 Å². The first-order chi connectivity index (χ1) is 10.9. The van der Waals surface area contributed by atoms with Crippen LogP contribution in [0.2, 0.25) is 0 Å². The topological polar surface area (TPSA) is 25.4 Å². The molecule has 0 spiro atoms. The highest BCUT2D eigenvalue weighted by molar-refractivity contribution is 5.22. The lowest BCUT2D eigenvalue weighted by Gasteiger charge is -2.24. The molecule has 1 aliphatic rings. The summed E-state index contributed by atoms with van der Waals surface area (Å²) in [6.45, 7) is 5.20. The summed E-state index contributed by atoms with van der Waals surface area (Å²) in [5.41, 5.74) is 2.48.